The average Bonchev–Trinajstić information content (AvgIpc) is 2.21. The number of unbranched alkanes of at least 4 members (excludes halogenated alkanes) is 2. The zero-order valence-corrected chi connectivity index (χ0v) is 12.3. The summed E-state index contributed by atoms with van der Waals surface area (Å²) in [6.45, 7) is 8.83. The van der Waals surface area contributed by atoms with Crippen LogP contribution < -0.4 is 0 Å². The van der Waals surface area contributed by atoms with Gasteiger partial charge >= 0.3 is 5.97 Å². The largest absolute Gasteiger partial charge is 0.465 e. The molecule has 0 fully saturated rings. The molecule has 0 bridgehead atoms. The third-order valence-electron chi connectivity index (χ3n) is 3.42. The van der Waals surface area contributed by atoms with Crippen molar-refractivity contribution in [3.63, 3.8) is 0 Å². The standard InChI is InChI=1S/C14H28O4/c1-6-7-8-9-18-12(15)11(2)10-14(5,17)13(3,4)16/h11,16-17H,6-10H2,1-5H3. The molecule has 0 saturated carbocycles. The van der Waals surface area contributed by atoms with E-state index in [4.69, 9.17) is 4.74 Å². The number of aliphatic hydroxyl groups is 2. The molecule has 0 aromatic rings. The molecule has 0 spiro atoms. The topological polar surface area (TPSA) is 66.8 Å². The van der Waals surface area contributed by atoms with Gasteiger partial charge in [0.25, 0.3) is 0 Å². The van der Waals surface area contributed by atoms with Crippen LogP contribution in [0.5, 0.6) is 0 Å². The Morgan fingerprint density at radius 1 is 1.22 bits per heavy atom. The van der Waals surface area contributed by atoms with Crippen molar-refractivity contribution in [2.75, 3.05) is 6.61 Å². The van der Waals surface area contributed by atoms with Crippen molar-refractivity contribution in [1.29, 1.82) is 0 Å². The summed E-state index contributed by atoms with van der Waals surface area (Å²) in [4.78, 5) is 11.7. The van der Waals surface area contributed by atoms with Gasteiger partial charge in [-0.05, 0) is 33.6 Å². The number of esters is 1. The highest BCUT2D eigenvalue weighted by Gasteiger charge is 2.40. The Morgan fingerprint density at radius 2 is 1.78 bits per heavy atom. The first-order chi connectivity index (χ1) is 8.12. The van der Waals surface area contributed by atoms with Gasteiger partial charge in [0, 0.05) is 0 Å². The maximum absolute atomic E-state index is 11.7. The minimum absolute atomic E-state index is 0.184. The van der Waals surface area contributed by atoms with Crippen LogP contribution in [0.4, 0.5) is 0 Å². The van der Waals surface area contributed by atoms with Gasteiger partial charge in [-0.2, -0.15) is 0 Å². The summed E-state index contributed by atoms with van der Waals surface area (Å²) in [5.74, 6) is -0.733. The van der Waals surface area contributed by atoms with E-state index in [1.807, 2.05) is 0 Å². The third kappa shape index (κ3) is 5.83. The number of rotatable bonds is 8. The molecule has 18 heavy (non-hydrogen) atoms. The molecule has 0 aliphatic heterocycles. The van der Waals surface area contributed by atoms with Gasteiger partial charge in [0.2, 0.25) is 0 Å². The van der Waals surface area contributed by atoms with Crippen LogP contribution in [0, 0.1) is 5.92 Å². The van der Waals surface area contributed by atoms with E-state index in [1.54, 1.807) is 6.92 Å². The van der Waals surface area contributed by atoms with Crippen molar-refractivity contribution in [2.24, 2.45) is 5.92 Å². The summed E-state index contributed by atoms with van der Waals surface area (Å²) in [5, 5.41) is 19.9. The summed E-state index contributed by atoms with van der Waals surface area (Å²) in [6.07, 6.45) is 3.18. The zero-order valence-electron chi connectivity index (χ0n) is 12.3. The summed E-state index contributed by atoms with van der Waals surface area (Å²) in [7, 11) is 0. The first-order valence-corrected chi connectivity index (χ1v) is 6.73. The molecule has 0 amide bonds. The van der Waals surface area contributed by atoms with Crippen molar-refractivity contribution < 1.29 is 19.7 Å². The molecule has 0 radical (unpaired) electrons. The maximum atomic E-state index is 11.7. The Balaban J connectivity index is 4.16. The number of hydrogen-bond donors (Lipinski definition) is 2. The zero-order chi connectivity index (χ0) is 14.4. The minimum Gasteiger partial charge on any atom is -0.465 e. The Labute approximate surface area is 110 Å². The van der Waals surface area contributed by atoms with Gasteiger partial charge in [0.05, 0.1) is 23.7 Å². The Bertz CT molecular complexity index is 253. The average molecular weight is 260 g/mol. The molecule has 0 rings (SSSR count). The van der Waals surface area contributed by atoms with E-state index in [0.717, 1.165) is 19.3 Å². The van der Waals surface area contributed by atoms with Crippen molar-refractivity contribution in [3.8, 4) is 0 Å². The van der Waals surface area contributed by atoms with Gasteiger partial charge in [0.15, 0.2) is 0 Å². The first kappa shape index (κ1) is 17.4. The second-order valence-electron chi connectivity index (χ2n) is 5.81. The summed E-state index contributed by atoms with van der Waals surface area (Å²) >= 11 is 0. The highest BCUT2D eigenvalue weighted by Crippen LogP contribution is 2.28. The number of carbonyl (C=O) groups excluding carboxylic acids is 1. The van der Waals surface area contributed by atoms with E-state index < -0.39 is 17.1 Å². The molecule has 2 atom stereocenters. The van der Waals surface area contributed by atoms with Gasteiger partial charge in [-0.15, -0.1) is 0 Å². The highest BCUT2D eigenvalue weighted by molar-refractivity contribution is 5.72. The number of ether oxygens (including phenoxy) is 1. The second-order valence-corrected chi connectivity index (χ2v) is 5.81. The van der Waals surface area contributed by atoms with E-state index in [1.165, 1.54) is 20.8 Å². The molecule has 2 unspecified atom stereocenters. The Kier molecular flexibility index (Phi) is 6.86. The molecule has 4 nitrogen and oxygen atoms in total. The normalized spacial score (nSPS) is 17.1. The second kappa shape index (κ2) is 7.10. The molecule has 0 saturated heterocycles. The first-order valence-electron chi connectivity index (χ1n) is 6.73. The van der Waals surface area contributed by atoms with E-state index >= 15 is 0 Å². The van der Waals surface area contributed by atoms with E-state index in [9.17, 15) is 15.0 Å². The smallest absolute Gasteiger partial charge is 0.308 e. The Morgan fingerprint density at radius 3 is 2.22 bits per heavy atom. The van der Waals surface area contributed by atoms with Gasteiger partial charge in [-0.3, -0.25) is 4.79 Å². The molecule has 0 aromatic carbocycles. The predicted molar refractivity (Wildman–Crippen MR) is 71.2 cm³/mol. The van der Waals surface area contributed by atoms with Gasteiger partial charge < -0.3 is 14.9 Å². The molecular weight excluding hydrogens is 232 g/mol. The van der Waals surface area contributed by atoms with Crippen LogP contribution in [0.2, 0.25) is 0 Å². The number of hydrogen-bond acceptors (Lipinski definition) is 4. The van der Waals surface area contributed by atoms with E-state index in [2.05, 4.69) is 6.92 Å². The van der Waals surface area contributed by atoms with Crippen LogP contribution in [0.1, 0.15) is 60.3 Å². The summed E-state index contributed by atoms with van der Waals surface area (Å²) in [6, 6.07) is 0. The van der Waals surface area contributed by atoms with Crippen molar-refractivity contribution >= 4 is 5.97 Å². The molecule has 0 aliphatic carbocycles. The summed E-state index contributed by atoms with van der Waals surface area (Å²) < 4.78 is 5.13. The van der Waals surface area contributed by atoms with Crippen LogP contribution in [0.25, 0.3) is 0 Å². The molecule has 2 N–H and O–H groups in total. The minimum atomic E-state index is -1.31. The molecular formula is C14H28O4. The lowest BCUT2D eigenvalue weighted by Crippen LogP contribution is -2.49. The lowest BCUT2D eigenvalue weighted by Gasteiger charge is -2.37. The predicted octanol–water partition coefficient (Wildman–Crippen LogP) is 2.27. The summed E-state index contributed by atoms with van der Waals surface area (Å²) in [5.41, 5.74) is -2.56. The number of carbonyl (C=O) groups is 1. The molecule has 0 aromatic heterocycles. The van der Waals surface area contributed by atoms with Crippen LogP contribution in [0.3, 0.4) is 0 Å². The molecule has 0 heterocycles. The van der Waals surface area contributed by atoms with E-state index in [-0.39, 0.29) is 12.4 Å². The van der Waals surface area contributed by atoms with Crippen molar-refractivity contribution in [2.45, 2.75) is 71.5 Å². The van der Waals surface area contributed by atoms with Crippen molar-refractivity contribution in [1.82, 2.24) is 0 Å². The van der Waals surface area contributed by atoms with Crippen LogP contribution >= 0.6 is 0 Å². The van der Waals surface area contributed by atoms with Crippen LogP contribution in [-0.4, -0.2) is 34.0 Å². The van der Waals surface area contributed by atoms with Gasteiger partial charge in [0.1, 0.15) is 0 Å². The SMILES string of the molecule is CCCCCOC(=O)C(C)CC(C)(O)C(C)(C)O. The lowest BCUT2D eigenvalue weighted by atomic mass is 9.81. The van der Waals surface area contributed by atoms with Crippen LogP contribution in [-0.2, 0) is 9.53 Å². The van der Waals surface area contributed by atoms with Crippen LogP contribution in [0.15, 0.2) is 0 Å². The fraction of sp³-hybridized carbons (Fsp3) is 0.929. The quantitative estimate of drug-likeness (QED) is 0.519. The third-order valence-corrected chi connectivity index (χ3v) is 3.42. The highest BCUT2D eigenvalue weighted by atomic mass is 16.5. The van der Waals surface area contributed by atoms with Gasteiger partial charge in [-0.25, -0.2) is 0 Å². The molecule has 108 valence electrons. The fourth-order valence-corrected chi connectivity index (χ4v) is 1.60. The molecule has 0 aliphatic rings. The maximum Gasteiger partial charge on any atom is 0.308 e. The Hall–Kier alpha value is -0.610. The lowest BCUT2D eigenvalue weighted by molar-refractivity contribution is -0.158. The van der Waals surface area contributed by atoms with Gasteiger partial charge in [-0.1, -0.05) is 26.7 Å². The van der Waals surface area contributed by atoms with E-state index in [0.29, 0.717) is 6.61 Å². The van der Waals surface area contributed by atoms with Crippen molar-refractivity contribution in [3.05, 3.63) is 0 Å². The monoisotopic (exact) mass is 260 g/mol. The molecule has 4 heteroatoms. The fourth-order valence-electron chi connectivity index (χ4n) is 1.60.